The third-order valence-electron chi connectivity index (χ3n) is 3.64. The number of rotatable bonds is 6. The van der Waals surface area contributed by atoms with E-state index in [2.05, 4.69) is 10.5 Å². The standard InChI is InChI=1S/C17H18F3N3O3/c1-10-14(11(2)26-23-10)6-7-15(24)22-13-5-3-4-12(8-13)16(25)21-9-17(18,19)20/h3-5,8H,6-7,9H2,1-2H3,(H,21,25)(H,22,24). The quantitative estimate of drug-likeness (QED) is 0.819. The second-order valence-electron chi connectivity index (χ2n) is 5.73. The van der Waals surface area contributed by atoms with Crippen molar-refractivity contribution in [3.05, 3.63) is 46.8 Å². The highest BCUT2D eigenvalue weighted by Crippen LogP contribution is 2.16. The first-order valence-corrected chi connectivity index (χ1v) is 7.82. The number of aryl methyl sites for hydroxylation is 2. The maximum Gasteiger partial charge on any atom is 0.405 e. The number of amides is 2. The molecule has 0 spiro atoms. The van der Waals surface area contributed by atoms with E-state index in [-0.39, 0.29) is 17.9 Å². The van der Waals surface area contributed by atoms with Gasteiger partial charge >= 0.3 is 6.18 Å². The smallest absolute Gasteiger partial charge is 0.361 e. The van der Waals surface area contributed by atoms with Gasteiger partial charge in [-0.2, -0.15) is 13.2 Å². The van der Waals surface area contributed by atoms with E-state index in [0.29, 0.717) is 17.9 Å². The van der Waals surface area contributed by atoms with Crippen LogP contribution in [0.1, 0.15) is 33.8 Å². The van der Waals surface area contributed by atoms with Crippen LogP contribution in [0.15, 0.2) is 28.8 Å². The Balaban J connectivity index is 1.93. The molecule has 0 radical (unpaired) electrons. The highest BCUT2D eigenvalue weighted by molar-refractivity contribution is 5.97. The lowest BCUT2D eigenvalue weighted by Crippen LogP contribution is -2.33. The van der Waals surface area contributed by atoms with Crippen molar-refractivity contribution < 1.29 is 27.3 Å². The third-order valence-corrected chi connectivity index (χ3v) is 3.64. The molecule has 2 N–H and O–H groups in total. The zero-order chi connectivity index (χ0) is 19.3. The Labute approximate surface area is 147 Å². The van der Waals surface area contributed by atoms with Crippen LogP contribution in [0.3, 0.4) is 0 Å². The van der Waals surface area contributed by atoms with Crippen molar-refractivity contribution in [2.75, 3.05) is 11.9 Å². The Bertz CT molecular complexity index is 781. The van der Waals surface area contributed by atoms with Crippen LogP contribution in [0.2, 0.25) is 0 Å². The van der Waals surface area contributed by atoms with Crippen LogP contribution < -0.4 is 10.6 Å². The number of aromatic nitrogens is 1. The molecule has 2 rings (SSSR count). The van der Waals surface area contributed by atoms with Crippen molar-refractivity contribution in [2.24, 2.45) is 0 Å². The zero-order valence-corrected chi connectivity index (χ0v) is 14.2. The fourth-order valence-electron chi connectivity index (χ4n) is 2.34. The van der Waals surface area contributed by atoms with Gasteiger partial charge in [0.25, 0.3) is 5.91 Å². The van der Waals surface area contributed by atoms with Crippen LogP contribution in [-0.2, 0) is 11.2 Å². The van der Waals surface area contributed by atoms with Crippen LogP contribution >= 0.6 is 0 Å². The maximum absolute atomic E-state index is 12.2. The number of halogens is 3. The average Bonchev–Trinajstić information content (AvgIpc) is 2.88. The molecule has 0 bridgehead atoms. The predicted molar refractivity (Wildman–Crippen MR) is 87.8 cm³/mol. The molecule has 0 saturated carbocycles. The number of carbonyl (C=O) groups excluding carboxylic acids is 2. The van der Waals surface area contributed by atoms with Gasteiger partial charge in [-0.05, 0) is 38.5 Å². The molecule has 140 valence electrons. The Kier molecular flexibility index (Phi) is 6.01. The summed E-state index contributed by atoms with van der Waals surface area (Å²) in [4.78, 5) is 23.8. The summed E-state index contributed by atoms with van der Waals surface area (Å²) < 4.78 is 41.5. The number of carbonyl (C=O) groups is 2. The number of alkyl halides is 3. The van der Waals surface area contributed by atoms with E-state index >= 15 is 0 Å². The second kappa shape index (κ2) is 8.03. The summed E-state index contributed by atoms with van der Waals surface area (Å²) in [6, 6.07) is 5.71. The molecule has 2 amide bonds. The van der Waals surface area contributed by atoms with Gasteiger partial charge in [-0.25, -0.2) is 0 Å². The van der Waals surface area contributed by atoms with Crippen LogP contribution in [-0.4, -0.2) is 29.7 Å². The number of hydrogen-bond acceptors (Lipinski definition) is 4. The van der Waals surface area contributed by atoms with Crippen LogP contribution in [0.25, 0.3) is 0 Å². The van der Waals surface area contributed by atoms with E-state index in [1.165, 1.54) is 18.2 Å². The highest BCUT2D eigenvalue weighted by atomic mass is 19.4. The molecule has 6 nitrogen and oxygen atoms in total. The molecule has 0 unspecified atom stereocenters. The highest BCUT2D eigenvalue weighted by Gasteiger charge is 2.27. The largest absolute Gasteiger partial charge is 0.405 e. The number of hydrogen-bond donors (Lipinski definition) is 2. The van der Waals surface area contributed by atoms with Crippen LogP contribution in [0.4, 0.5) is 18.9 Å². The Hall–Kier alpha value is -2.84. The van der Waals surface area contributed by atoms with E-state index in [1.54, 1.807) is 25.2 Å². The summed E-state index contributed by atoms with van der Waals surface area (Å²) in [5.74, 6) is -0.509. The minimum Gasteiger partial charge on any atom is -0.361 e. The molecule has 26 heavy (non-hydrogen) atoms. The molecule has 0 fully saturated rings. The van der Waals surface area contributed by atoms with Crippen LogP contribution in [0, 0.1) is 13.8 Å². The molecular formula is C17H18F3N3O3. The van der Waals surface area contributed by atoms with E-state index < -0.39 is 18.6 Å². The monoisotopic (exact) mass is 369 g/mol. The van der Waals surface area contributed by atoms with E-state index in [9.17, 15) is 22.8 Å². The lowest BCUT2D eigenvalue weighted by Gasteiger charge is -2.10. The van der Waals surface area contributed by atoms with Gasteiger partial charge in [-0.3, -0.25) is 9.59 Å². The lowest BCUT2D eigenvalue weighted by molar-refractivity contribution is -0.123. The first-order valence-electron chi connectivity index (χ1n) is 7.82. The van der Waals surface area contributed by atoms with Gasteiger partial charge < -0.3 is 15.2 Å². The van der Waals surface area contributed by atoms with Crippen LogP contribution in [0.5, 0.6) is 0 Å². The average molecular weight is 369 g/mol. The number of nitrogens with one attached hydrogen (secondary N) is 2. The molecule has 0 aliphatic carbocycles. The summed E-state index contributed by atoms with van der Waals surface area (Å²) in [6.07, 6.45) is -3.87. The van der Waals surface area contributed by atoms with Gasteiger partial charge in [0.05, 0.1) is 5.69 Å². The molecular weight excluding hydrogens is 351 g/mol. The minimum atomic E-state index is -4.49. The molecule has 1 aromatic carbocycles. The molecule has 0 aliphatic heterocycles. The van der Waals surface area contributed by atoms with Gasteiger partial charge in [0.2, 0.25) is 5.91 Å². The first-order chi connectivity index (χ1) is 12.2. The number of benzene rings is 1. The Morgan fingerprint density at radius 2 is 1.96 bits per heavy atom. The van der Waals surface area contributed by atoms with Gasteiger partial charge in [-0.15, -0.1) is 0 Å². The molecule has 2 aromatic rings. The Morgan fingerprint density at radius 1 is 1.23 bits per heavy atom. The summed E-state index contributed by atoms with van der Waals surface area (Å²) in [7, 11) is 0. The van der Waals surface area contributed by atoms with Gasteiger partial charge in [0, 0.05) is 23.2 Å². The minimum absolute atomic E-state index is 0.0257. The molecule has 0 aliphatic rings. The number of anilines is 1. The lowest BCUT2D eigenvalue weighted by atomic mass is 10.1. The number of nitrogens with zero attached hydrogens (tertiary/aromatic N) is 1. The molecule has 1 aromatic heterocycles. The maximum atomic E-state index is 12.2. The summed E-state index contributed by atoms with van der Waals surface area (Å²) in [5, 5.41) is 8.21. The normalized spacial score (nSPS) is 11.3. The summed E-state index contributed by atoms with van der Waals surface area (Å²) >= 11 is 0. The van der Waals surface area contributed by atoms with Crippen molar-refractivity contribution in [1.29, 1.82) is 0 Å². The summed E-state index contributed by atoms with van der Waals surface area (Å²) in [5.41, 5.74) is 1.94. The first kappa shape index (κ1) is 19.5. The van der Waals surface area contributed by atoms with E-state index in [1.807, 2.05) is 0 Å². The van der Waals surface area contributed by atoms with Crippen molar-refractivity contribution in [1.82, 2.24) is 10.5 Å². The molecule has 0 saturated heterocycles. The van der Waals surface area contributed by atoms with Gasteiger partial charge in [-0.1, -0.05) is 11.2 Å². The van der Waals surface area contributed by atoms with Crippen molar-refractivity contribution in [3.63, 3.8) is 0 Å². The van der Waals surface area contributed by atoms with Crippen molar-refractivity contribution in [3.8, 4) is 0 Å². The van der Waals surface area contributed by atoms with E-state index in [0.717, 1.165) is 11.3 Å². The zero-order valence-electron chi connectivity index (χ0n) is 14.2. The SMILES string of the molecule is Cc1noc(C)c1CCC(=O)Nc1cccc(C(=O)NCC(F)(F)F)c1. The molecule has 9 heteroatoms. The van der Waals surface area contributed by atoms with Crippen molar-refractivity contribution >= 4 is 17.5 Å². The molecule has 1 heterocycles. The van der Waals surface area contributed by atoms with Gasteiger partial charge in [0.1, 0.15) is 12.3 Å². The van der Waals surface area contributed by atoms with Gasteiger partial charge in [0.15, 0.2) is 0 Å². The molecule has 0 atom stereocenters. The fourth-order valence-corrected chi connectivity index (χ4v) is 2.34. The fraction of sp³-hybridized carbons (Fsp3) is 0.353. The van der Waals surface area contributed by atoms with E-state index in [4.69, 9.17) is 4.52 Å². The second-order valence-corrected chi connectivity index (χ2v) is 5.73. The topological polar surface area (TPSA) is 84.2 Å². The third kappa shape index (κ3) is 5.61. The van der Waals surface area contributed by atoms with Crippen molar-refractivity contribution in [2.45, 2.75) is 32.9 Å². The summed E-state index contributed by atoms with van der Waals surface area (Å²) in [6.45, 7) is 2.13. The predicted octanol–water partition coefficient (Wildman–Crippen LogP) is 3.15. The Morgan fingerprint density at radius 3 is 2.58 bits per heavy atom.